The number of hydrogen-bond acceptors (Lipinski definition) is 1. The van der Waals surface area contributed by atoms with E-state index in [0.717, 1.165) is 12.8 Å². The van der Waals surface area contributed by atoms with Crippen molar-refractivity contribution in [2.24, 2.45) is 0 Å². The van der Waals surface area contributed by atoms with E-state index in [9.17, 15) is 4.79 Å². The minimum Gasteiger partial charge on any atom is -0.338 e. The number of urea groups is 1. The molecule has 4 nitrogen and oxygen atoms in total. The molecular formula is C18H25N3O. The average molecular weight is 299 g/mol. The maximum atomic E-state index is 11.5. The van der Waals surface area contributed by atoms with Crippen LogP contribution in [-0.2, 0) is 6.42 Å². The standard InChI is InChI=1S/C18H25N3O/c1-4-11-19-18(22)20-12-10-16-13-14(2)21(15(16)3)17-8-6-5-7-9-17/h5-9,13H,4,10-12H2,1-3H3,(H2,19,20,22). The summed E-state index contributed by atoms with van der Waals surface area (Å²) < 4.78 is 2.26. The number of para-hydroxylation sites is 1. The summed E-state index contributed by atoms with van der Waals surface area (Å²) in [6.45, 7) is 7.65. The molecule has 1 heterocycles. The first-order valence-electron chi connectivity index (χ1n) is 7.88. The van der Waals surface area contributed by atoms with Crippen molar-refractivity contribution < 1.29 is 4.79 Å². The number of benzene rings is 1. The number of aryl methyl sites for hydroxylation is 1. The lowest BCUT2D eigenvalue weighted by Crippen LogP contribution is -2.36. The molecule has 0 atom stereocenters. The number of hydrogen-bond donors (Lipinski definition) is 2. The van der Waals surface area contributed by atoms with Gasteiger partial charge in [0.1, 0.15) is 0 Å². The zero-order chi connectivity index (χ0) is 15.9. The molecule has 1 aromatic carbocycles. The van der Waals surface area contributed by atoms with Gasteiger partial charge in [-0.1, -0.05) is 25.1 Å². The summed E-state index contributed by atoms with van der Waals surface area (Å²) in [5, 5.41) is 5.72. The topological polar surface area (TPSA) is 46.1 Å². The molecule has 0 radical (unpaired) electrons. The van der Waals surface area contributed by atoms with Crippen molar-refractivity contribution in [1.82, 2.24) is 15.2 Å². The molecule has 2 N–H and O–H groups in total. The molecule has 0 unspecified atom stereocenters. The van der Waals surface area contributed by atoms with Crippen molar-refractivity contribution in [2.45, 2.75) is 33.6 Å². The van der Waals surface area contributed by atoms with E-state index < -0.39 is 0 Å². The Bertz CT molecular complexity index is 617. The van der Waals surface area contributed by atoms with Gasteiger partial charge < -0.3 is 15.2 Å². The van der Waals surface area contributed by atoms with E-state index in [-0.39, 0.29) is 6.03 Å². The van der Waals surface area contributed by atoms with Gasteiger partial charge in [0, 0.05) is 30.2 Å². The lowest BCUT2D eigenvalue weighted by molar-refractivity contribution is 0.241. The van der Waals surface area contributed by atoms with Crippen molar-refractivity contribution in [3.63, 3.8) is 0 Å². The Morgan fingerprint density at radius 2 is 1.77 bits per heavy atom. The molecule has 0 aliphatic rings. The van der Waals surface area contributed by atoms with Gasteiger partial charge in [-0.2, -0.15) is 0 Å². The summed E-state index contributed by atoms with van der Waals surface area (Å²) in [7, 11) is 0. The molecule has 0 saturated heterocycles. The third-order valence-electron chi connectivity index (χ3n) is 3.77. The van der Waals surface area contributed by atoms with Crippen molar-refractivity contribution in [2.75, 3.05) is 13.1 Å². The summed E-state index contributed by atoms with van der Waals surface area (Å²) in [4.78, 5) is 11.5. The quantitative estimate of drug-likeness (QED) is 0.844. The van der Waals surface area contributed by atoms with Gasteiger partial charge >= 0.3 is 6.03 Å². The fraction of sp³-hybridized carbons (Fsp3) is 0.389. The molecular weight excluding hydrogens is 274 g/mol. The van der Waals surface area contributed by atoms with E-state index in [4.69, 9.17) is 0 Å². The van der Waals surface area contributed by atoms with Gasteiger partial charge in [0.15, 0.2) is 0 Å². The second-order valence-corrected chi connectivity index (χ2v) is 5.50. The van der Waals surface area contributed by atoms with E-state index >= 15 is 0 Å². The normalized spacial score (nSPS) is 10.5. The maximum Gasteiger partial charge on any atom is 0.314 e. The van der Waals surface area contributed by atoms with Crippen LogP contribution in [0.4, 0.5) is 4.79 Å². The molecule has 2 rings (SSSR count). The van der Waals surface area contributed by atoms with E-state index in [2.05, 4.69) is 47.2 Å². The van der Waals surface area contributed by atoms with Crippen LogP contribution in [0.25, 0.3) is 5.69 Å². The molecule has 0 fully saturated rings. The van der Waals surface area contributed by atoms with E-state index in [1.807, 2.05) is 25.1 Å². The highest BCUT2D eigenvalue weighted by Crippen LogP contribution is 2.20. The van der Waals surface area contributed by atoms with Crippen LogP contribution >= 0.6 is 0 Å². The van der Waals surface area contributed by atoms with Gasteiger partial charge in [-0.05, 0) is 50.5 Å². The van der Waals surface area contributed by atoms with Gasteiger partial charge in [-0.3, -0.25) is 0 Å². The van der Waals surface area contributed by atoms with Gasteiger partial charge in [-0.25, -0.2) is 4.79 Å². The second kappa shape index (κ2) is 7.69. The lowest BCUT2D eigenvalue weighted by atomic mass is 10.2. The van der Waals surface area contributed by atoms with Gasteiger partial charge in [0.2, 0.25) is 0 Å². The van der Waals surface area contributed by atoms with Crippen LogP contribution in [-0.4, -0.2) is 23.7 Å². The molecule has 22 heavy (non-hydrogen) atoms. The molecule has 0 bridgehead atoms. The Morgan fingerprint density at radius 3 is 2.45 bits per heavy atom. The summed E-state index contributed by atoms with van der Waals surface area (Å²) in [6, 6.07) is 12.5. The molecule has 0 aliphatic heterocycles. The molecule has 0 saturated carbocycles. The monoisotopic (exact) mass is 299 g/mol. The largest absolute Gasteiger partial charge is 0.338 e. The van der Waals surface area contributed by atoms with Gasteiger partial charge in [0.05, 0.1) is 0 Å². The first kappa shape index (κ1) is 16.1. The Hall–Kier alpha value is -2.23. The number of nitrogens with one attached hydrogen (secondary N) is 2. The zero-order valence-corrected chi connectivity index (χ0v) is 13.6. The van der Waals surface area contributed by atoms with Crippen molar-refractivity contribution in [1.29, 1.82) is 0 Å². The van der Waals surface area contributed by atoms with Crippen molar-refractivity contribution >= 4 is 6.03 Å². The van der Waals surface area contributed by atoms with E-state index in [1.165, 1.54) is 22.6 Å². The Kier molecular flexibility index (Phi) is 5.64. The Labute approximate surface area is 132 Å². The molecule has 0 spiro atoms. The average Bonchev–Trinajstić information content (AvgIpc) is 2.80. The highest BCUT2D eigenvalue weighted by Gasteiger charge is 2.10. The fourth-order valence-electron chi connectivity index (χ4n) is 2.67. The van der Waals surface area contributed by atoms with Gasteiger partial charge in [0.25, 0.3) is 0 Å². The zero-order valence-electron chi connectivity index (χ0n) is 13.6. The number of amides is 2. The highest BCUT2D eigenvalue weighted by molar-refractivity contribution is 5.73. The smallest absolute Gasteiger partial charge is 0.314 e. The second-order valence-electron chi connectivity index (χ2n) is 5.50. The number of nitrogens with zero attached hydrogens (tertiary/aromatic N) is 1. The fourth-order valence-corrected chi connectivity index (χ4v) is 2.67. The van der Waals surface area contributed by atoms with Crippen LogP contribution in [0.3, 0.4) is 0 Å². The number of carbonyl (C=O) groups excluding carboxylic acids is 1. The van der Waals surface area contributed by atoms with Crippen LogP contribution in [0.1, 0.15) is 30.3 Å². The molecule has 2 amide bonds. The third-order valence-corrected chi connectivity index (χ3v) is 3.77. The maximum absolute atomic E-state index is 11.5. The number of rotatable bonds is 6. The predicted molar refractivity (Wildman–Crippen MR) is 90.6 cm³/mol. The van der Waals surface area contributed by atoms with Crippen molar-refractivity contribution in [3.8, 4) is 5.69 Å². The molecule has 1 aromatic heterocycles. The SMILES string of the molecule is CCCNC(=O)NCCc1cc(C)n(-c2ccccc2)c1C. The van der Waals surface area contributed by atoms with Crippen molar-refractivity contribution in [3.05, 3.63) is 53.3 Å². The van der Waals surface area contributed by atoms with Crippen LogP contribution in [0.15, 0.2) is 36.4 Å². The molecule has 4 heteroatoms. The van der Waals surface area contributed by atoms with Crippen LogP contribution in [0, 0.1) is 13.8 Å². The highest BCUT2D eigenvalue weighted by atomic mass is 16.2. The Morgan fingerprint density at radius 1 is 1.09 bits per heavy atom. The summed E-state index contributed by atoms with van der Waals surface area (Å²) in [6.07, 6.45) is 1.79. The summed E-state index contributed by atoms with van der Waals surface area (Å²) in [5.74, 6) is 0. The number of carbonyl (C=O) groups is 1. The predicted octanol–water partition coefficient (Wildman–Crippen LogP) is 3.35. The van der Waals surface area contributed by atoms with E-state index in [0.29, 0.717) is 13.1 Å². The number of aromatic nitrogens is 1. The molecule has 2 aromatic rings. The molecule has 118 valence electrons. The Balaban J connectivity index is 2.00. The lowest BCUT2D eigenvalue weighted by Gasteiger charge is -2.10. The van der Waals surface area contributed by atoms with Crippen LogP contribution in [0.2, 0.25) is 0 Å². The first-order valence-corrected chi connectivity index (χ1v) is 7.88. The van der Waals surface area contributed by atoms with Crippen LogP contribution < -0.4 is 10.6 Å². The van der Waals surface area contributed by atoms with Crippen LogP contribution in [0.5, 0.6) is 0 Å². The third kappa shape index (κ3) is 3.91. The minimum atomic E-state index is -0.0845. The molecule has 0 aliphatic carbocycles. The van der Waals surface area contributed by atoms with Gasteiger partial charge in [-0.15, -0.1) is 0 Å². The first-order chi connectivity index (χ1) is 10.6. The minimum absolute atomic E-state index is 0.0845. The van der Waals surface area contributed by atoms with E-state index in [1.54, 1.807) is 0 Å². The summed E-state index contributed by atoms with van der Waals surface area (Å²) in [5.41, 5.74) is 4.91. The summed E-state index contributed by atoms with van der Waals surface area (Å²) >= 11 is 0.